The van der Waals surface area contributed by atoms with E-state index in [0.29, 0.717) is 5.02 Å². The Morgan fingerprint density at radius 3 is 2.85 bits per heavy atom. The van der Waals surface area contributed by atoms with Crippen LogP contribution in [0, 0.1) is 6.92 Å². The van der Waals surface area contributed by atoms with Crippen LogP contribution in [0.1, 0.15) is 5.69 Å². The largest absolute Gasteiger partial charge is 0.368 e. The third-order valence-electron chi connectivity index (χ3n) is 1.87. The number of halogens is 1. The van der Waals surface area contributed by atoms with Gasteiger partial charge in [0.05, 0.1) is 16.2 Å². The number of anilines is 1. The highest BCUT2D eigenvalue weighted by molar-refractivity contribution is 6.35. The number of hydrogen-bond acceptors (Lipinski definition) is 3. The fourth-order valence-corrected chi connectivity index (χ4v) is 1.65. The fourth-order valence-electron chi connectivity index (χ4n) is 1.34. The molecule has 3 nitrogen and oxygen atoms in total. The summed E-state index contributed by atoms with van der Waals surface area (Å²) in [6, 6.07) is 5.53. The summed E-state index contributed by atoms with van der Waals surface area (Å²) in [5.41, 5.74) is 7.11. The third-order valence-corrected chi connectivity index (χ3v) is 2.19. The summed E-state index contributed by atoms with van der Waals surface area (Å²) in [4.78, 5) is 8.12. The van der Waals surface area contributed by atoms with E-state index in [1.54, 1.807) is 0 Å². The topological polar surface area (TPSA) is 51.8 Å². The molecule has 2 N–H and O–H groups in total. The van der Waals surface area contributed by atoms with Gasteiger partial charge in [-0.3, -0.25) is 0 Å². The second-order valence-corrected chi connectivity index (χ2v) is 3.21. The SMILES string of the molecule is Cc1nc(N)nc2cccc(Cl)c12. The molecule has 66 valence electrons. The van der Waals surface area contributed by atoms with Gasteiger partial charge in [-0.25, -0.2) is 9.97 Å². The van der Waals surface area contributed by atoms with E-state index < -0.39 is 0 Å². The first-order valence-electron chi connectivity index (χ1n) is 3.87. The molecule has 2 rings (SSSR count). The summed E-state index contributed by atoms with van der Waals surface area (Å²) >= 11 is 5.99. The van der Waals surface area contributed by atoms with E-state index in [9.17, 15) is 0 Å². The average molecular weight is 194 g/mol. The van der Waals surface area contributed by atoms with Gasteiger partial charge in [-0.1, -0.05) is 17.7 Å². The molecule has 0 bridgehead atoms. The molecule has 0 aliphatic rings. The first kappa shape index (κ1) is 8.26. The number of aromatic nitrogens is 2. The predicted octanol–water partition coefficient (Wildman–Crippen LogP) is 2.17. The number of nitrogen functional groups attached to an aromatic ring is 1. The zero-order valence-electron chi connectivity index (χ0n) is 7.08. The highest BCUT2D eigenvalue weighted by atomic mass is 35.5. The maximum absolute atomic E-state index is 5.99. The Balaban J connectivity index is 2.94. The van der Waals surface area contributed by atoms with Crippen LogP contribution in [0.15, 0.2) is 18.2 Å². The summed E-state index contributed by atoms with van der Waals surface area (Å²) < 4.78 is 0. The molecule has 1 aromatic heterocycles. The Hall–Kier alpha value is -1.35. The molecule has 0 amide bonds. The quantitative estimate of drug-likeness (QED) is 0.698. The van der Waals surface area contributed by atoms with Crippen molar-refractivity contribution in [2.45, 2.75) is 6.92 Å². The van der Waals surface area contributed by atoms with Crippen molar-refractivity contribution in [3.63, 3.8) is 0 Å². The monoisotopic (exact) mass is 193 g/mol. The molecular weight excluding hydrogens is 186 g/mol. The van der Waals surface area contributed by atoms with E-state index in [0.717, 1.165) is 16.6 Å². The van der Waals surface area contributed by atoms with Gasteiger partial charge in [0.15, 0.2) is 0 Å². The minimum Gasteiger partial charge on any atom is -0.368 e. The van der Waals surface area contributed by atoms with Crippen molar-refractivity contribution < 1.29 is 0 Å². The van der Waals surface area contributed by atoms with E-state index in [1.165, 1.54) is 0 Å². The average Bonchev–Trinajstić information content (AvgIpc) is 2.02. The molecular formula is C9H8ClN3. The molecule has 1 aromatic carbocycles. The molecule has 0 fully saturated rings. The van der Waals surface area contributed by atoms with Gasteiger partial charge in [0.2, 0.25) is 5.95 Å². The lowest BCUT2D eigenvalue weighted by atomic mass is 10.2. The third kappa shape index (κ3) is 1.31. The number of benzene rings is 1. The highest BCUT2D eigenvalue weighted by Crippen LogP contribution is 2.24. The minimum absolute atomic E-state index is 0.285. The van der Waals surface area contributed by atoms with Crippen molar-refractivity contribution in [1.29, 1.82) is 0 Å². The number of nitrogens with two attached hydrogens (primary N) is 1. The molecule has 1 heterocycles. The van der Waals surface area contributed by atoms with Crippen LogP contribution in [0.2, 0.25) is 5.02 Å². The zero-order chi connectivity index (χ0) is 9.42. The molecule has 0 spiro atoms. The molecule has 0 radical (unpaired) electrons. The maximum Gasteiger partial charge on any atom is 0.220 e. The fraction of sp³-hybridized carbons (Fsp3) is 0.111. The lowest BCUT2D eigenvalue weighted by molar-refractivity contribution is 1.17. The van der Waals surface area contributed by atoms with Crippen molar-refractivity contribution in [2.24, 2.45) is 0 Å². The van der Waals surface area contributed by atoms with Gasteiger partial charge >= 0.3 is 0 Å². The van der Waals surface area contributed by atoms with Crippen LogP contribution in [0.3, 0.4) is 0 Å². The molecule has 0 saturated heterocycles. The first-order chi connectivity index (χ1) is 6.18. The molecule has 2 aromatic rings. The summed E-state index contributed by atoms with van der Waals surface area (Å²) in [6.07, 6.45) is 0. The van der Waals surface area contributed by atoms with Gasteiger partial charge < -0.3 is 5.73 Å². The van der Waals surface area contributed by atoms with E-state index in [2.05, 4.69) is 9.97 Å². The van der Waals surface area contributed by atoms with Gasteiger partial charge in [-0.15, -0.1) is 0 Å². The number of nitrogens with zero attached hydrogens (tertiary/aromatic N) is 2. The van der Waals surface area contributed by atoms with Crippen LogP contribution in [-0.2, 0) is 0 Å². The number of rotatable bonds is 0. The van der Waals surface area contributed by atoms with E-state index in [-0.39, 0.29) is 5.95 Å². The van der Waals surface area contributed by atoms with E-state index in [1.807, 2.05) is 25.1 Å². The molecule has 4 heteroatoms. The number of fused-ring (bicyclic) bond motifs is 1. The summed E-state index contributed by atoms with van der Waals surface area (Å²) in [5, 5.41) is 1.54. The van der Waals surface area contributed by atoms with Gasteiger partial charge in [0.25, 0.3) is 0 Å². The van der Waals surface area contributed by atoms with Crippen molar-refractivity contribution in [3.8, 4) is 0 Å². The van der Waals surface area contributed by atoms with Crippen molar-refractivity contribution in [3.05, 3.63) is 28.9 Å². The van der Waals surface area contributed by atoms with Gasteiger partial charge in [0, 0.05) is 5.39 Å². The second-order valence-electron chi connectivity index (χ2n) is 2.80. The zero-order valence-corrected chi connectivity index (χ0v) is 7.84. The van der Waals surface area contributed by atoms with Gasteiger partial charge in [-0.05, 0) is 19.1 Å². The molecule has 0 saturated carbocycles. The summed E-state index contributed by atoms with van der Waals surface area (Å²) in [6.45, 7) is 1.87. The number of aryl methyl sites for hydroxylation is 1. The Morgan fingerprint density at radius 1 is 1.31 bits per heavy atom. The van der Waals surface area contributed by atoms with Crippen LogP contribution in [-0.4, -0.2) is 9.97 Å². The molecule has 0 aliphatic heterocycles. The van der Waals surface area contributed by atoms with E-state index >= 15 is 0 Å². The summed E-state index contributed by atoms with van der Waals surface area (Å²) in [7, 11) is 0. The Bertz CT molecular complexity index is 468. The van der Waals surface area contributed by atoms with Gasteiger partial charge in [0.1, 0.15) is 0 Å². The normalized spacial score (nSPS) is 10.6. The Labute approximate surface area is 80.6 Å². The Kier molecular flexibility index (Phi) is 1.81. The van der Waals surface area contributed by atoms with Crippen LogP contribution >= 0.6 is 11.6 Å². The van der Waals surface area contributed by atoms with Crippen LogP contribution < -0.4 is 5.73 Å². The molecule has 0 aliphatic carbocycles. The second kappa shape index (κ2) is 2.85. The minimum atomic E-state index is 0.285. The summed E-state index contributed by atoms with van der Waals surface area (Å²) in [5.74, 6) is 0.285. The Morgan fingerprint density at radius 2 is 2.08 bits per heavy atom. The van der Waals surface area contributed by atoms with Crippen LogP contribution in [0.25, 0.3) is 10.9 Å². The first-order valence-corrected chi connectivity index (χ1v) is 4.24. The highest BCUT2D eigenvalue weighted by Gasteiger charge is 2.04. The van der Waals surface area contributed by atoms with Crippen LogP contribution in [0.4, 0.5) is 5.95 Å². The number of hydrogen-bond donors (Lipinski definition) is 1. The molecule has 0 atom stereocenters. The predicted molar refractivity (Wildman–Crippen MR) is 53.7 cm³/mol. The van der Waals surface area contributed by atoms with E-state index in [4.69, 9.17) is 17.3 Å². The van der Waals surface area contributed by atoms with Crippen molar-refractivity contribution in [2.75, 3.05) is 5.73 Å². The standard InChI is InChI=1S/C9H8ClN3/c1-5-8-6(10)3-2-4-7(8)13-9(11)12-5/h2-4H,1H3,(H2,11,12,13). The lowest BCUT2D eigenvalue weighted by Crippen LogP contribution is -1.97. The maximum atomic E-state index is 5.99. The molecule has 0 unspecified atom stereocenters. The van der Waals surface area contributed by atoms with Crippen LogP contribution in [0.5, 0.6) is 0 Å². The van der Waals surface area contributed by atoms with Crippen molar-refractivity contribution >= 4 is 28.5 Å². The smallest absolute Gasteiger partial charge is 0.220 e. The lowest BCUT2D eigenvalue weighted by Gasteiger charge is -2.03. The molecule has 13 heavy (non-hydrogen) atoms. The van der Waals surface area contributed by atoms with Gasteiger partial charge in [-0.2, -0.15) is 0 Å². The van der Waals surface area contributed by atoms with Crippen molar-refractivity contribution in [1.82, 2.24) is 9.97 Å².